The van der Waals surface area contributed by atoms with E-state index in [9.17, 15) is 9.59 Å². The second kappa shape index (κ2) is 6.70. The Morgan fingerprint density at radius 3 is 2.62 bits per heavy atom. The molecule has 2 N–H and O–H groups in total. The minimum atomic E-state index is -0.387. The predicted octanol–water partition coefficient (Wildman–Crippen LogP) is 3.47. The van der Waals surface area contributed by atoms with Crippen LogP contribution in [0.3, 0.4) is 0 Å². The molecule has 150 valence electrons. The van der Waals surface area contributed by atoms with Crippen LogP contribution in [0.15, 0.2) is 36.4 Å². The molecule has 2 fully saturated rings. The Kier molecular flexibility index (Phi) is 4.24. The molecule has 29 heavy (non-hydrogen) atoms. The summed E-state index contributed by atoms with van der Waals surface area (Å²) in [6, 6.07) is 12.5. The van der Waals surface area contributed by atoms with Crippen molar-refractivity contribution in [3.63, 3.8) is 0 Å². The van der Waals surface area contributed by atoms with Crippen LogP contribution in [0.4, 0.5) is 5.69 Å². The van der Waals surface area contributed by atoms with Gasteiger partial charge in [-0.1, -0.05) is 18.2 Å². The standard InChI is InChI=1S/C24H27N3O2/c1-15-3-4-17(22(28)25-18-6-7-18)13-19(15)16-5-8-20-21(14-16)26-23(29)24(20)9-11-27(2)12-10-24/h3-5,8,13-14,18H,6-7,9-12H2,1-2H3,(H,25,28)(H,26,29). The van der Waals surface area contributed by atoms with Crippen LogP contribution < -0.4 is 10.6 Å². The van der Waals surface area contributed by atoms with Crippen LogP contribution in [-0.2, 0) is 10.2 Å². The minimum absolute atomic E-state index is 0.00603. The third-order valence-corrected chi connectivity index (χ3v) is 6.78. The molecule has 0 unspecified atom stereocenters. The van der Waals surface area contributed by atoms with Crippen molar-refractivity contribution in [1.29, 1.82) is 0 Å². The largest absolute Gasteiger partial charge is 0.349 e. The van der Waals surface area contributed by atoms with Gasteiger partial charge in [-0.3, -0.25) is 9.59 Å². The molecule has 2 aromatic carbocycles. The summed E-state index contributed by atoms with van der Waals surface area (Å²) in [5.74, 6) is 0.125. The molecular formula is C24H27N3O2. The van der Waals surface area contributed by atoms with Gasteiger partial charge in [0.15, 0.2) is 0 Å². The number of hydrogen-bond acceptors (Lipinski definition) is 3. The summed E-state index contributed by atoms with van der Waals surface area (Å²) in [7, 11) is 2.11. The van der Waals surface area contributed by atoms with Gasteiger partial charge in [-0.15, -0.1) is 0 Å². The Balaban J connectivity index is 1.49. The molecule has 5 nitrogen and oxygen atoms in total. The van der Waals surface area contributed by atoms with Crippen LogP contribution in [0.5, 0.6) is 0 Å². The summed E-state index contributed by atoms with van der Waals surface area (Å²) in [4.78, 5) is 27.7. The average molecular weight is 389 g/mol. The molecule has 0 bridgehead atoms. The monoisotopic (exact) mass is 389 g/mol. The molecule has 2 heterocycles. The van der Waals surface area contributed by atoms with E-state index in [-0.39, 0.29) is 17.2 Å². The van der Waals surface area contributed by atoms with E-state index in [0.717, 1.165) is 66.7 Å². The Morgan fingerprint density at radius 2 is 1.90 bits per heavy atom. The zero-order chi connectivity index (χ0) is 20.2. The highest BCUT2D eigenvalue weighted by atomic mass is 16.2. The molecule has 5 heteroatoms. The second-order valence-corrected chi connectivity index (χ2v) is 8.88. The zero-order valence-corrected chi connectivity index (χ0v) is 17.0. The number of nitrogens with one attached hydrogen (secondary N) is 2. The summed E-state index contributed by atoms with van der Waals surface area (Å²) < 4.78 is 0. The lowest BCUT2D eigenvalue weighted by Crippen LogP contribution is -2.45. The first-order valence-corrected chi connectivity index (χ1v) is 10.5. The van der Waals surface area contributed by atoms with Gasteiger partial charge in [-0.25, -0.2) is 0 Å². The number of carbonyl (C=O) groups excluding carboxylic acids is 2. The molecule has 2 aliphatic heterocycles. The summed E-state index contributed by atoms with van der Waals surface area (Å²) in [5.41, 5.74) is 5.54. The van der Waals surface area contributed by atoms with Crippen molar-refractivity contribution in [2.45, 2.75) is 44.1 Å². The lowest BCUT2D eigenvalue weighted by Gasteiger charge is -2.36. The van der Waals surface area contributed by atoms with Crippen molar-refractivity contribution in [3.8, 4) is 11.1 Å². The van der Waals surface area contributed by atoms with Gasteiger partial charge in [-0.2, -0.15) is 0 Å². The first-order chi connectivity index (χ1) is 14.0. The molecule has 0 atom stereocenters. The number of fused-ring (bicyclic) bond motifs is 2. The Labute approximate surface area is 171 Å². The number of likely N-dealkylation sites (tertiary alicyclic amines) is 1. The fourth-order valence-electron chi connectivity index (χ4n) is 4.66. The maximum Gasteiger partial charge on any atom is 0.251 e. The van der Waals surface area contributed by atoms with Gasteiger partial charge in [0, 0.05) is 17.3 Å². The highest BCUT2D eigenvalue weighted by Gasteiger charge is 2.47. The van der Waals surface area contributed by atoms with E-state index < -0.39 is 0 Å². The maximum absolute atomic E-state index is 12.9. The Bertz CT molecular complexity index is 1000. The van der Waals surface area contributed by atoms with Crippen molar-refractivity contribution in [3.05, 3.63) is 53.1 Å². The lowest BCUT2D eigenvalue weighted by atomic mass is 9.73. The summed E-state index contributed by atoms with van der Waals surface area (Å²) in [6.45, 7) is 3.93. The third-order valence-electron chi connectivity index (χ3n) is 6.78. The van der Waals surface area contributed by atoms with Crippen molar-refractivity contribution in [2.24, 2.45) is 0 Å². The highest BCUT2D eigenvalue weighted by Crippen LogP contribution is 2.46. The van der Waals surface area contributed by atoms with Crippen molar-refractivity contribution in [1.82, 2.24) is 10.2 Å². The molecule has 1 spiro atoms. The molecule has 1 aliphatic carbocycles. The Hall–Kier alpha value is -2.66. The average Bonchev–Trinajstić information content (AvgIpc) is 3.48. The number of amides is 2. The fraction of sp³-hybridized carbons (Fsp3) is 0.417. The van der Waals surface area contributed by atoms with Gasteiger partial charge in [0.05, 0.1) is 5.41 Å². The van der Waals surface area contributed by atoms with Gasteiger partial charge in [0.1, 0.15) is 0 Å². The normalized spacial score (nSPS) is 20.4. The quantitative estimate of drug-likeness (QED) is 0.845. The van der Waals surface area contributed by atoms with Crippen LogP contribution in [0.1, 0.15) is 47.2 Å². The molecule has 3 aliphatic rings. The van der Waals surface area contributed by atoms with Crippen LogP contribution >= 0.6 is 0 Å². The molecule has 5 rings (SSSR count). The van der Waals surface area contributed by atoms with Crippen LogP contribution in [0, 0.1) is 6.92 Å². The van der Waals surface area contributed by atoms with E-state index in [4.69, 9.17) is 0 Å². The van der Waals surface area contributed by atoms with Crippen molar-refractivity contribution in [2.75, 3.05) is 25.5 Å². The van der Waals surface area contributed by atoms with E-state index in [1.165, 1.54) is 0 Å². The van der Waals surface area contributed by atoms with E-state index >= 15 is 0 Å². The number of carbonyl (C=O) groups is 2. The molecule has 0 radical (unpaired) electrons. The number of anilines is 1. The van der Waals surface area contributed by atoms with E-state index in [1.807, 2.05) is 18.2 Å². The first kappa shape index (κ1) is 18.4. The van der Waals surface area contributed by atoms with Crippen molar-refractivity contribution < 1.29 is 9.59 Å². The summed E-state index contributed by atoms with van der Waals surface area (Å²) >= 11 is 0. The van der Waals surface area contributed by atoms with Gasteiger partial charge >= 0.3 is 0 Å². The predicted molar refractivity (Wildman–Crippen MR) is 114 cm³/mol. The number of hydrogen-bond donors (Lipinski definition) is 2. The second-order valence-electron chi connectivity index (χ2n) is 8.88. The van der Waals surface area contributed by atoms with Gasteiger partial charge in [0.25, 0.3) is 5.91 Å². The smallest absolute Gasteiger partial charge is 0.251 e. The van der Waals surface area contributed by atoms with E-state index in [0.29, 0.717) is 11.6 Å². The number of piperidine rings is 1. The van der Waals surface area contributed by atoms with Gasteiger partial charge < -0.3 is 15.5 Å². The molecule has 2 aromatic rings. The molecule has 2 amide bonds. The van der Waals surface area contributed by atoms with E-state index in [1.54, 1.807) is 0 Å². The Morgan fingerprint density at radius 1 is 1.14 bits per heavy atom. The summed E-state index contributed by atoms with van der Waals surface area (Å²) in [6.07, 6.45) is 3.87. The van der Waals surface area contributed by atoms with Crippen LogP contribution in [0.2, 0.25) is 0 Å². The number of rotatable bonds is 3. The third kappa shape index (κ3) is 3.14. The maximum atomic E-state index is 12.9. The SMILES string of the molecule is Cc1ccc(C(=O)NC2CC2)cc1-c1ccc2c(c1)NC(=O)C21CCN(C)CC1. The van der Waals surface area contributed by atoms with Crippen LogP contribution in [0.25, 0.3) is 11.1 Å². The van der Waals surface area contributed by atoms with Crippen molar-refractivity contribution >= 4 is 17.5 Å². The number of aryl methyl sites for hydroxylation is 1. The first-order valence-electron chi connectivity index (χ1n) is 10.5. The lowest BCUT2D eigenvalue weighted by molar-refractivity contribution is -0.122. The van der Waals surface area contributed by atoms with Gasteiger partial charge in [-0.05, 0) is 93.2 Å². The highest BCUT2D eigenvalue weighted by molar-refractivity contribution is 6.07. The molecule has 1 saturated heterocycles. The molecular weight excluding hydrogens is 362 g/mol. The molecule has 1 saturated carbocycles. The minimum Gasteiger partial charge on any atom is -0.349 e. The topological polar surface area (TPSA) is 61.4 Å². The molecule has 0 aromatic heterocycles. The van der Waals surface area contributed by atoms with Crippen LogP contribution in [-0.4, -0.2) is 42.9 Å². The number of benzene rings is 2. The fourth-order valence-corrected chi connectivity index (χ4v) is 4.66. The van der Waals surface area contributed by atoms with Gasteiger partial charge in [0.2, 0.25) is 5.91 Å². The number of nitrogens with zero attached hydrogens (tertiary/aromatic N) is 1. The summed E-state index contributed by atoms with van der Waals surface area (Å²) in [5, 5.41) is 6.20. The van der Waals surface area contributed by atoms with E-state index in [2.05, 4.69) is 47.7 Å². The zero-order valence-electron chi connectivity index (χ0n) is 17.0.